The molecule has 2 heterocycles. The molecule has 1 aliphatic carbocycles. The van der Waals surface area contributed by atoms with Gasteiger partial charge in [0.15, 0.2) is 17.3 Å². The molecule has 1 aromatic carbocycles. The Morgan fingerprint density at radius 3 is 2.50 bits per heavy atom. The van der Waals surface area contributed by atoms with E-state index in [1.807, 2.05) is 24.3 Å². The number of benzene rings is 1. The molecule has 4 rings (SSSR count). The van der Waals surface area contributed by atoms with E-state index >= 15 is 0 Å². The number of ketones is 1. The second-order valence-electron chi connectivity index (χ2n) is 3.86. The van der Waals surface area contributed by atoms with Crippen molar-refractivity contribution in [2.75, 3.05) is 0 Å². The average Bonchev–Trinajstić information content (AvgIpc) is 3.06. The lowest BCUT2D eigenvalue weighted by Gasteiger charge is -2.05. The van der Waals surface area contributed by atoms with Gasteiger partial charge in [0.1, 0.15) is 11.4 Å². The van der Waals surface area contributed by atoms with E-state index in [-0.39, 0.29) is 5.78 Å². The lowest BCUT2D eigenvalue weighted by atomic mass is 10.1. The summed E-state index contributed by atoms with van der Waals surface area (Å²) in [5.74, 6) is 1.49. The lowest BCUT2D eigenvalue weighted by Crippen LogP contribution is -2.09. The second kappa shape index (κ2) is 2.47. The fourth-order valence-electron chi connectivity index (χ4n) is 1.98. The minimum absolute atomic E-state index is 0.00972. The first-order valence-corrected chi connectivity index (χ1v) is 5.04. The molecule has 0 spiro atoms. The molecule has 1 aromatic heterocycles. The van der Waals surface area contributed by atoms with Gasteiger partial charge in [-0.1, -0.05) is 12.1 Å². The highest BCUT2D eigenvalue weighted by Gasteiger charge is 2.39. The van der Waals surface area contributed by atoms with E-state index in [2.05, 4.69) is 9.97 Å². The highest BCUT2D eigenvalue weighted by Crippen LogP contribution is 2.43. The molecule has 2 aromatic rings. The molecule has 0 atom stereocenters. The maximum absolute atomic E-state index is 11.7. The van der Waals surface area contributed by atoms with Crippen LogP contribution in [0.1, 0.15) is 22.6 Å². The largest absolute Gasteiger partial charge is 0.451 e. The fourth-order valence-corrected chi connectivity index (χ4v) is 1.98. The van der Waals surface area contributed by atoms with Gasteiger partial charge in [0, 0.05) is 0 Å². The average molecular weight is 210 g/mol. The third kappa shape index (κ3) is 0.908. The maximum Gasteiger partial charge on any atom is 0.193 e. The van der Waals surface area contributed by atoms with Gasteiger partial charge in [0.25, 0.3) is 0 Å². The van der Waals surface area contributed by atoms with Crippen LogP contribution in [0.15, 0.2) is 30.0 Å². The van der Waals surface area contributed by atoms with Gasteiger partial charge >= 0.3 is 0 Å². The van der Waals surface area contributed by atoms with Gasteiger partial charge in [-0.15, -0.1) is 0 Å². The summed E-state index contributed by atoms with van der Waals surface area (Å²) in [5.41, 5.74) is 2.58. The summed E-state index contributed by atoms with van der Waals surface area (Å²) in [6.07, 6.45) is 0.329. The minimum Gasteiger partial charge on any atom is -0.451 e. The second-order valence-corrected chi connectivity index (χ2v) is 3.86. The number of rotatable bonds is 0. The van der Waals surface area contributed by atoms with Crippen LogP contribution in [0.3, 0.4) is 0 Å². The molecule has 1 aliphatic heterocycles. The van der Waals surface area contributed by atoms with Crippen LogP contribution < -0.4 is 0 Å². The van der Waals surface area contributed by atoms with Gasteiger partial charge < -0.3 is 4.74 Å². The van der Waals surface area contributed by atoms with Crippen molar-refractivity contribution < 1.29 is 9.53 Å². The van der Waals surface area contributed by atoms with Crippen molar-refractivity contribution in [1.29, 1.82) is 0 Å². The number of Topliss-reactive ketones (excluding diaryl/α,β-unsaturated/α-hetero) is 1. The molecule has 76 valence electrons. The van der Waals surface area contributed by atoms with Crippen LogP contribution in [0.5, 0.6) is 0 Å². The van der Waals surface area contributed by atoms with E-state index < -0.39 is 0 Å². The zero-order valence-electron chi connectivity index (χ0n) is 8.23. The molecule has 0 fully saturated rings. The Kier molecular flexibility index (Phi) is 1.23. The van der Waals surface area contributed by atoms with Gasteiger partial charge in [-0.05, 0) is 12.1 Å². The van der Waals surface area contributed by atoms with Crippen molar-refractivity contribution in [1.82, 2.24) is 9.97 Å². The number of carbonyl (C=O) groups is 1. The quantitative estimate of drug-likeness (QED) is 0.666. The minimum atomic E-state index is -0.00972. The molecule has 4 heteroatoms. The molecule has 0 saturated carbocycles. The predicted octanol–water partition coefficient (Wildman–Crippen LogP) is 1.92. The molecule has 4 nitrogen and oxygen atoms in total. The van der Waals surface area contributed by atoms with Gasteiger partial charge in [-0.3, -0.25) is 4.79 Å². The summed E-state index contributed by atoms with van der Waals surface area (Å²) >= 11 is 0. The monoisotopic (exact) mass is 210 g/mol. The van der Waals surface area contributed by atoms with Crippen LogP contribution in [0, 0.1) is 0 Å². The van der Waals surface area contributed by atoms with Crippen molar-refractivity contribution in [3.8, 4) is 0 Å². The van der Waals surface area contributed by atoms with Crippen LogP contribution in [-0.2, 0) is 4.74 Å². The molecule has 2 aliphatic rings. The van der Waals surface area contributed by atoms with Crippen LogP contribution in [0.4, 0.5) is 0 Å². The molecule has 0 radical (unpaired) electrons. The topological polar surface area (TPSA) is 55.4 Å². The summed E-state index contributed by atoms with van der Waals surface area (Å²) in [5, 5.41) is 0. The molecule has 0 N–H and O–H groups in total. The van der Waals surface area contributed by atoms with Crippen molar-refractivity contribution in [3.63, 3.8) is 0 Å². The summed E-state index contributed by atoms with van der Waals surface area (Å²) in [6.45, 7) is 0. The van der Waals surface area contributed by atoms with Crippen LogP contribution in [0.2, 0.25) is 0 Å². The van der Waals surface area contributed by atoms with E-state index in [0.29, 0.717) is 17.8 Å². The van der Waals surface area contributed by atoms with Gasteiger partial charge in [-0.2, -0.15) is 0 Å². The van der Waals surface area contributed by atoms with E-state index in [1.165, 1.54) is 0 Å². The van der Waals surface area contributed by atoms with E-state index in [0.717, 1.165) is 22.6 Å². The first kappa shape index (κ1) is 7.98. The number of aromatic nitrogens is 2. The summed E-state index contributed by atoms with van der Waals surface area (Å²) in [6, 6.07) is 7.52. The smallest absolute Gasteiger partial charge is 0.193 e. The summed E-state index contributed by atoms with van der Waals surface area (Å²) in [7, 11) is 0. The van der Waals surface area contributed by atoms with Crippen LogP contribution >= 0.6 is 0 Å². The highest BCUT2D eigenvalue weighted by atomic mass is 16.6. The number of carbonyl (C=O) groups excluding carboxylic acids is 1. The molecule has 0 saturated heterocycles. The summed E-state index contributed by atoms with van der Waals surface area (Å²) < 4.78 is 5.23. The van der Waals surface area contributed by atoms with Crippen LogP contribution in [-0.4, -0.2) is 15.8 Å². The number of nitrogens with zero attached hydrogens (tertiary/aromatic N) is 2. The van der Waals surface area contributed by atoms with Crippen molar-refractivity contribution in [2.45, 2.75) is 6.42 Å². The third-order valence-electron chi connectivity index (χ3n) is 2.81. The van der Waals surface area contributed by atoms with Gasteiger partial charge in [-0.25, -0.2) is 9.97 Å². The molecule has 0 bridgehead atoms. The summed E-state index contributed by atoms with van der Waals surface area (Å²) in [4.78, 5) is 20.5. The maximum atomic E-state index is 11.7. The molecular formula is C12H6N2O2. The van der Waals surface area contributed by atoms with E-state index in [9.17, 15) is 4.79 Å². The fraction of sp³-hybridized carbons (Fsp3) is 0.0833. The SMILES string of the molecule is O=C1CC2=C(O2)c2nc3ccccc3nc21. The number of fused-ring (bicyclic) bond motifs is 3. The third-order valence-corrected chi connectivity index (χ3v) is 2.81. The Labute approximate surface area is 90.6 Å². The van der Waals surface area contributed by atoms with Crippen molar-refractivity contribution in [3.05, 3.63) is 41.4 Å². The Balaban J connectivity index is 2.11. The molecular weight excluding hydrogens is 204 g/mol. The van der Waals surface area contributed by atoms with Crippen molar-refractivity contribution >= 4 is 22.6 Å². The number of para-hydroxylation sites is 2. The van der Waals surface area contributed by atoms with Crippen LogP contribution in [0.25, 0.3) is 16.8 Å². The number of hydrogen-bond acceptors (Lipinski definition) is 4. The van der Waals surface area contributed by atoms with E-state index in [1.54, 1.807) is 0 Å². The Bertz CT molecular complexity index is 688. The predicted molar refractivity (Wildman–Crippen MR) is 56.5 cm³/mol. The molecule has 0 unspecified atom stereocenters. The number of allylic oxidation sites excluding steroid dienone is 1. The van der Waals surface area contributed by atoms with Crippen molar-refractivity contribution in [2.24, 2.45) is 0 Å². The zero-order valence-corrected chi connectivity index (χ0v) is 8.23. The molecule has 0 amide bonds. The van der Waals surface area contributed by atoms with Gasteiger partial charge in [0.05, 0.1) is 17.5 Å². The zero-order chi connectivity index (χ0) is 10.7. The Hall–Kier alpha value is -2.23. The first-order chi connectivity index (χ1) is 7.83. The first-order valence-electron chi connectivity index (χ1n) is 5.04. The van der Waals surface area contributed by atoms with E-state index in [4.69, 9.17) is 4.74 Å². The normalized spacial score (nSPS) is 16.9. The van der Waals surface area contributed by atoms with Gasteiger partial charge in [0.2, 0.25) is 0 Å². The lowest BCUT2D eigenvalue weighted by molar-refractivity contribution is 0.0984. The molecule has 16 heavy (non-hydrogen) atoms. The number of ether oxygens (including phenoxy) is 1. The standard InChI is InChI=1S/C12H6N2O2/c15-8-5-9-12(16-9)11-10(8)13-6-3-1-2-4-7(6)14-11/h1-4H,5H2. The highest BCUT2D eigenvalue weighted by molar-refractivity contribution is 6.06. The Morgan fingerprint density at radius 1 is 1.06 bits per heavy atom. The number of hydrogen-bond donors (Lipinski definition) is 0. The Morgan fingerprint density at radius 2 is 1.75 bits per heavy atom.